The number of hydrogen-bond donors (Lipinski definition) is 2. The van der Waals surface area contributed by atoms with E-state index >= 15 is 0 Å². The third-order valence-corrected chi connectivity index (χ3v) is 3.72. The molecular formula is C15H25N3. The van der Waals surface area contributed by atoms with Crippen LogP contribution in [0.2, 0.25) is 0 Å². The lowest BCUT2D eigenvalue weighted by atomic mass is 10.1. The van der Waals surface area contributed by atoms with Gasteiger partial charge in [0.2, 0.25) is 0 Å². The van der Waals surface area contributed by atoms with Crippen LogP contribution in [0.1, 0.15) is 44.1 Å². The Morgan fingerprint density at radius 1 is 1.17 bits per heavy atom. The maximum atomic E-state index is 4.34. The molecule has 0 saturated heterocycles. The van der Waals surface area contributed by atoms with Crippen LogP contribution in [0, 0.1) is 6.92 Å². The SMILES string of the molecule is Cc1cccnc1NCCNC1CCCCCC1. The molecule has 1 aromatic rings. The Kier molecular flexibility index (Phi) is 5.46. The van der Waals surface area contributed by atoms with Gasteiger partial charge in [-0.25, -0.2) is 4.98 Å². The van der Waals surface area contributed by atoms with E-state index in [1.807, 2.05) is 12.3 Å². The zero-order chi connectivity index (χ0) is 12.6. The number of aryl methyl sites for hydroxylation is 1. The van der Waals surface area contributed by atoms with Crippen molar-refractivity contribution in [1.82, 2.24) is 10.3 Å². The first-order valence-electron chi connectivity index (χ1n) is 7.25. The first-order valence-corrected chi connectivity index (χ1v) is 7.25. The second-order valence-corrected chi connectivity index (χ2v) is 5.24. The average Bonchev–Trinajstić information content (AvgIpc) is 2.65. The van der Waals surface area contributed by atoms with E-state index in [9.17, 15) is 0 Å². The van der Waals surface area contributed by atoms with Gasteiger partial charge < -0.3 is 10.6 Å². The molecule has 1 aliphatic carbocycles. The molecule has 3 nitrogen and oxygen atoms in total. The highest BCUT2D eigenvalue weighted by molar-refractivity contribution is 5.42. The van der Waals surface area contributed by atoms with Gasteiger partial charge in [-0.05, 0) is 31.4 Å². The van der Waals surface area contributed by atoms with Gasteiger partial charge in [0.05, 0.1) is 0 Å². The summed E-state index contributed by atoms with van der Waals surface area (Å²) in [5.41, 5.74) is 1.21. The number of aromatic nitrogens is 1. The van der Waals surface area contributed by atoms with E-state index in [1.54, 1.807) is 0 Å². The molecule has 2 N–H and O–H groups in total. The predicted octanol–water partition coefficient (Wildman–Crippen LogP) is 3.11. The van der Waals surface area contributed by atoms with E-state index in [2.05, 4.69) is 28.6 Å². The first-order chi connectivity index (χ1) is 8.86. The molecule has 0 aromatic carbocycles. The molecule has 0 radical (unpaired) electrons. The number of rotatable bonds is 5. The van der Waals surface area contributed by atoms with Crippen molar-refractivity contribution in [2.75, 3.05) is 18.4 Å². The van der Waals surface area contributed by atoms with Gasteiger partial charge in [-0.2, -0.15) is 0 Å². The Morgan fingerprint density at radius 2 is 1.94 bits per heavy atom. The Balaban J connectivity index is 1.65. The maximum absolute atomic E-state index is 4.34. The van der Waals surface area contributed by atoms with Crippen LogP contribution in [0.4, 0.5) is 5.82 Å². The number of hydrogen-bond acceptors (Lipinski definition) is 3. The predicted molar refractivity (Wildman–Crippen MR) is 77.0 cm³/mol. The highest BCUT2D eigenvalue weighted by Crippen LogP contribution is 2.16. The zero-order valence-electron chi connectivity index (χ0n) is 11.4. The topological polar surface area (TPSA) is 37.0 Å². The smallest absolute Gasteiger partial charge is 0.128 e. The van der Waals surface area contributed by atoms with Crippen molar-refractivity contribution in [1.29, 1.82) is 0 Å². The molecular weight excluding hydrogens is 222 g/mol. The normalized spacial score (nSPS) is 17.4. The summed E-state index contributed by atoms with van der Waals surface area (Å²) in [6.45, 7) is 4.07. The van der Waals surface area contributed by atoms with Crippen LogP contribution in [0.15, 0.2) is 18.3 Å². The van der Waals surface area contributed by atoms with Gasteiger partial charge in [0.1, 0.15) is 5.82 Å². The zero-order valence-corrected chi connectivity index (χ0v) is 11.4. The van der Waals surface area contributed by atoms with Gasteiger partial charge in [-0.1, -0.05) is 31.7 Å². The number of nitrogens with zero attached hydrogens (tertiary/aromatic N) is 1. The molecule has 1 aromatic heterocycles. The molecule has 1 aliphatic rings. The summed E-state index contributed by atoms with van der Waals surface area (Å²) in [6, 6.07) is 4.80. The van der Waals surface area contributed by atoms with E-state index in [1.165, 1.54) is 44.1 Å². The molecule has 0 amide bonds. The Morgan fingerprint density at radius 3 is 2.67 bits per heavy atom. The number of pyridine rings is 1. The fourth-order valence-corrected chi connectivity index (χ4v) is 2.61. The summed E-state index contributed by atoms with van der Waals surface area (Å²) in [6.07, 6.45) is 10.2. The lowest BCUT2D eigenvalue weighted by Crippen LogP contribution is -2.32. The molecule has 0 bridgehead atoms. The fourth-order valence-electron chi connectivity index (χ4n) is 2.61. The number of anilines is 1. The van der Waals surface area contributed by atoms with E-state index in [-0.39, 0.29) is 0 Å². The second kappa shape index (κ2) is 7.37. The van der Waals surface area contributed by atoms with Gasteiger partial charge in [-0.15, -0.1) is 0 Å². The van der Waals surface area contributed by atoms with Gasteiger partial charge in [0.15, 0.2) is 0 Å². The van der Waals surface area contributed by atoms with Crippen LogP contribution in [0.3, 0.4) is 0 Å². The lowest BCUT2D eigenvalue weighted by molar-refractivity contribution is 0.468. The van der Waals surface area contributed by atoms with Crippen LogP contribution in [-0.2, 0) is 0 Å². The van der Waals surface area contributed by atoms with Gasteiger partial charge in [-0.3, -0.25) is 0 Å². The highest BCUT2D eigenvalue weighted by atomic mass is 15.0. The minimum atomic E-state index is 0.735. The van der Waals surface area contributed by atoms with Crippen LogP contribution < -0.4 is 10.6 Å². The van der Waals surface area contributed by atoms with Gasteiger partial charge in [0, 0.05) is 25.3 Å². The quantitative estimate of drug-likeness (QED) is 0.620. The van der Waals surface area contributed by atoms with Crippen LogP contribution in [0.5, 0.6) is 0 Å². The maximum Gasteiger partial charge on any atom is 0.128 e. The van der Waals surface area contributed by atoms with Crippen molar-refractivity contribution >= 4 is 5.82 Å². The summed E-state index contributed by atoms with van der Waals surface area (Å²) >= 11 is 0. The van der Waals surface area contributed by atoms with E-state index in [0.717, 1.165) is 24.9 Å². The Bertz CT molecular complexity index is 343. The molecule has 3 heteroatoms. The summed E-state index contributed by atoms with van der Waals surface area (Å²) in [5, 5.41) is 7.06. The van der Waals surface area contributed by atoms with Crippen molar-refractivity contribution < 1.29 is 0 Å². The van der Waals surface area contributed by atoms with E-state index in [0.29, 0.717) is 0 Å². The van der Waals surface area contributed by atoms with Crippen LogP contribution in [-0.4, -0.2) is 24.1 Å². The third-order valence-electron chi connectivity index (χ3n) is 3.72. The largest absolute Gasteiger partial charge is 0.369 e. The van der Waals surface area contributed by atoms with E-state index in [4.69, 9.17) is 0 Å². The molecule has 0 atom stereocenters. The third kappa shape index (κ3) is 4.30. The van der Waals surface area contributed by atoms with Crippen molar-refractivity contribution in [2.45, 2.75) is 51.5 Å². The second-order valence-electron chi connectivity index (χ2n) is 5.24. The molecule has 0 unspecified atom stereocenters. The number of nitrogens with one attached hydrogen (secondary N) is 2. The molecule has 2 rings (SSSR count). The van der Waals surface area contributed by atoms with Crippen LogP contribution >= 0.6 is 0 Å². The highest BCUT2D eigenvalue weighted by Gasteiger charge is 2.10. The van der Waals surface area contributed by atoms with Gasteiger partial charge in [0.25, 0.3) is 0 Å². The standard InChI is InChI=1S/C15H25N3/c1-13-7-6-10-17-15(13)18-12-11-16-14-8-4-2-3-5-9-14/h6-7,10,14,16H,2-5,8-9,11-12H2,1H3,(H,17,18). The molecule has 18 heavy (non-hydrogen) atoms. The Hall–Kier alpha value is -1.09. The molecule has 0 aliphatic heterocycles. The van der Waals surface area contributed by atoms with Crippen molar-refractivity contribution in [3.05, 3.63) is 23.9 Å². The van der Waals surface area contributed by atoms with Crippen molar-refractivity contribution in [3.8, 4) is 0 Å². The van der Waals surface area contributed by atoms with Crippen molar-refractivity contribution in [2.24, 2.45) is 0 Å². The monoisotopic (exact) mass is 247 g/mol. The summed E-state index contributed by atoms with van der Waals surface area (Å²) in [7, 11) is 0. The van der Waals surface area contributed by atoms with Crippen molar-refractivity contribution in [3.63, 3.8) is 0 Å². The fraction of sp³-hybridized carbons (Fsp3) is 0.667. The average molecular weight is 247 g/mol. The minimum Gasteiger partial charge on any atom is -0.369 e. The molecule has 1 heterocycles. The molecule has 1 fully saturated rings. The molecule has 100 valence electrons. The lowest BCUT2D eigenvalue weighted by Gasteiger charge is -2.16. The first kappa shape index (κ1) is 13.3. The van der Waals surface area contributed by atoms with Crippen LogP contribution in [0.25, 0.3) is 0 Å². The Labute approximate surface area is 110 Å². The minimum absolute atomic E-state index is 0.735. The summed E-state index contributed by atoms with van der Waals surface area (Å²) in [5.74, 6) is 1.01. The van der Waals surface area contributed by atoms with Gasteiger partial charge >= 0.3 is 0 Å². The summed E-state index contributed by atoms with van der Waals surface area (Å²) < 4.78 is 0. The van der Waals surface area contributed by atoms with E-state index < -0.39 is 0 Å². The summed E-state index contributed by atoms with van der Waals surface area (Å²) in [4.78, 5) is 4.34. The molecule has 1 saturated carbocycles. The molecule has 0 spiro atoms.